The standard InChI is InChI=1S/C20H30FN3O4S/c1-20(2,3)29(27,28)23-12-14-4-10-17(11-5-14)24-19(26)22-13-18(25)15-6-8-16(21)9-7-15/h6-9,14,17,23H,4-5,10-13H2,1-3H3,(H2,22,24,26). The number of amides is 2. The van der Waals surface area contributed by atoms with Crippen molar-refractivity contribution in [2.75, 3.05) is 13.1 Å². The van der Waals surface area contributed by atoms with E-state index in [4.69, 9.17) is 0 Å². The number of nitrogens with one attached hydrogen (secondary N) is 3. The molecule has 0 unspecified atom stereocenters. The molecular formula is C20H30FN3O4S. The minimum atomic E-state index is -3.35. The minimum absolute atomic E-state index is 0.00797. The van der Waals surface area contributed by atoms with Crippen LogP contribution in [-0.2, 0) is 10.0 Å². The first-order valence-electron chi connectivity index (χ1n) is 9.80. The Labute approximate surface area is 171 Å². The molecule has 1 aromatic carbocycles. The molecule has 2 rings (SSSR count). The van der Waals surface area contributed by atoms with E-state index in [-0.39, 0.29) is 24.3 Å². The Balaban J connectivity index is 1.69. The molecule has 0 aromatic heterocycles. The Morgan fingerprint density at radius 3 is 2.21 bits per heavy atom. The summed E-state index contributed by atoms with van der Waals surface area (Å²) in [6.07, 6.45) is 3.13. The van der Waals surface area contributed by atoms with Crippen LogP contribution in [0.3, 0.4) is 0 Å². The van der Waals surface area contributed by atoms with Gasteiger partial charge in [-0.1, -0.05) is 0 Å². The third-order valence-corrected chi connectivity index (χ3v) is 7.28. The summed E-state index contributed by atoms with van der Waals surface area (Å²) in [5, 5.41) is 5.38. The Kier molecular flexibility index (Phi) is 7.76. The van der Waals surface area contributed by atoms with Crippen LogP contribution in [0.5, 0.6) is 0 Å². The van der Waals surface area contributed by atoms with Crippen LogP contribution in [0.25, 0.3) is 0 Å². The zero-order valence-electron chi connectivity index (χ0n) is 17.1. The molecule has 1 aromatic rings. The molecule has 0 atom stereocenters. The van der Waals surface area contributed by atoms with Crippen molar-refractivity contribution in [3.05, 3.63) is 35.6 Å². The van der Waals surface area contributed by atoms with Crippen LogP contribution in [0.2, 0.25) is 0 Å². The molecule has 1 aliphatic rings. The van der Waals surface area contributed by atoms with Gasteiger partial charge in [-0.3, -0.25) is 4.79 Å². The highest BCUT2D eigenvalue weighted by Crippen LogP contribution is 2.24. The number of sulfonamides is 1. The van der Waals surface area contributed by atoms with Gasteiger partial charge in [0.25, 0.3) is 0 Å². The van der Waals surface area contributed by atoms with E-state index in [2.05, 4.69) is 15.4 Å². The lowest BCUT2D eigenvalue weighted by Gasteiger charge is -2.30. The average molecular weight is 428 g/mol. The fourth-order valence-electron chi connectivity index (χ4n) is 3.09. The summed E-state index contributed by atoms with van der Waals surface area (Å²) >= 11 is 0. The van der Waals surface area contributed by atoms with Gasteiger partial charge >= 0.3 is 6.03 Å². The lowest BCUT2D eigenvalue weighted by atomic mass is 9.86. The smallest absolute Gasteiger partial charge is 0.315 e. The number of carbonyl (C=O) groups is 2. The lowest BCUT2D eigenvalue weighted by molar-refractivity contribution is 0.0991. The third kappa shape index (κ3) is 7.08. The summed E-state index contributed by atoms with van der Waals surface area (Å²) in [6.45, 7) is 5.23. The van der Waals surface area contributed by atoms with Crippen LogP contribution in [0, 0.1) is 11.7 Å². The molecule has 1 saturated carbocycles. The van der Waals surface area contributed by atoms with Crippen molar-refractivity contribution in [3.63, 3.8) is 0 Å². The molecule has 2 amide bonds. The maximum atomic E-state index is 12.9. The second-order valence-electron chi connectivity index (χ2n) is 8.44. The van der Waals surface area contributed by atoms with E-state index < -0.39 is 26.6 Å². The van der Waals surface area contributed by atoms with Gasteiger partial charge < -0.3 is 10.6 Å². The fourth-order valence-corrected chi connectivity index (χ4v) is 3.98. The molecule has 9 heteroatoms. The number of ketones is 1. The Bertz CT molecular complexity index is 811. The predicted octanol–water partition coefficient (Wildman–Crippen LogP) is 2.58. The van der Waals surface area contributed by atoms with Crippen LogP contribution in [0.15, 0.2) is 24.3 Å². The van der Waals surface area contributed by atoms with E-state index in [0.29, 0.717) is 12.1 Å². The van der Waals surface area contributed by atoms with E-state index in [1.54, 1.807) is 20.8 Å². The number of rotatable bonds is 7. The highest BCUT2D eigenvalue weighted by Gasteiger charge is 2.30. The van der Waals surface area contributed by atoms with Gasteiger partial charge in [-0.15, -0.1) is 0 Å². The number of benzene rings is 1. The van der Waals surface area contributed by atoms with Gasteiger partial charge in [0, 0.05) is 18.2 Å². The van der Waals surface area contributed by atoms with Gasteiger partial charge in [0.15, 0.2) is 5.78 Å². The molecular weight excluding hydrogens is 397 g/mol. The van der Waals surface area contributed by atoms with Crippen LogP contribution >= 0.6 is 0 Å². The normalized spacial score (nSPS) is 20.1. The Morgan fingerprint density at radius 2 is 1.66 bits per heavy atom. The monoisotopic (exact) mass is 427 g/mol. The summed E-state index contributed by atoms with van der Waals surface area (Å²) in [5.41, 5.74) is 0.338. The number of hydrogen-bond acceptors (Lipinski definition) is 4. The first-order valence-corrected chi connectivity index (χ1v) is 11.3. The van der Waals surface area contributed by atoms with Crippen molar-refractivity contribution < 1.29 is 22.4 Å². The summed E-state index contributed by atoms with van der Waals surface area (Å²) in [7, 11) is -3.35. The molecule has 0 saturated heterocycles. The molecule has 3 N–H and O–H groups in total. The topological polar surface area (TPSA) is 104 Å². The zero-order chi connectivity index (χ0) is 21.7. The van der Waals surface area contributed by atoms with Gasteiger partial charge in [0.2, 0.25) is 10.0 Å². The van der Waals surface area contributed by atoms with Crippen molar-refractivity contribution >= 4 is 21.8 Å². The van der Waals surface area contributed by atoms with Gasteiger partial charge in [0.1, 0.15) is 5.82 Å². The van der Waals surface area contributed by atoms with E-state index in [1.807, 2.05) is 0 Å². The first kappa shape index (κ1) is 23.3. The highest BCUT2D eigenvalue weighted by atomic mass is 32.2. The van der Waals surface area contributed by atoms with Gasteiger partial charge in [-0.25, -0.2) is 22.3 Å². The molecule has 1 aliphatic carbocycles. The Hall–Kier alpha value is -2.00. The van der Waals surface area contributed by atoms with Crippen molar-refractivity contribution in [2.45, 2.75) is 57.2 Å². The number of urea groups is 1. The molecule has 0 bridgehead atoms. The number of carbonyl (C=O) groups excluding carboxylic acids is 2. The summed E-state index contributed by atoms with van der Waals surface area (Å²) in [6, 6.07) is 4.74. The van der Waals surface area contributed by atoms with E-state index in [1.165, 1.54) is 24.3 Å². The van der Waals surface area contributed by atoms with Crippen LogP contribution < -0.4 is 15.4 Å². The number of hydrogen-bond donors (Lipinski definition) is 3. The molecule has 0 heterocycles. The predicted molar refractivity (Wildman–Crippen MR) is 110 cm³/mol. The molecule has 7 nitrogen and oxygen atoms in total. The van der Waals surface area contributed by atoms with Gasteiger partial charge in [-0.05, 0) is 76.6 Å². The van der Waals surface area contributed by atoms with Crippen molar-refractivity contribution in [1.82, 2.24) is 15.4 Å². The van der Waals surface area contributed by atoms with Crippen LogP contribution in [-0.4, -0.2) is 44.1 Å². The third-order valence-electron chi connectivity index (χ3n) is 5.13. The van der Waals surface area contributed by atoms with Crippen molar-refractivity contribution in [2.24, 2.45) is 5.92 Å². The van der Waals surface area contributed by atoms with Crippen molar-refractivity contribution in [3.8, 4) is 0 Å². The number of Topliss-reactive ketones (excluding diaryl/α,β-unsaturated/α-hetero) is 1. The quantitative estimate of drug-likeness (QED) is 0.582. The highest BCUT2D eigenvalue weighted by molar-refractivity contribution is 7.90. The Morgan fingerprint density at radius 1 is 1.07 bits per heavy atom. The van der Waals surface area contributed by atoms with Crippen LogP contribution in [0.4, 0.5) is 9.18 Å². The average Bonchev–Trinajstić information content (AvgIpc) is 2.65. The fraction of sp³-hybridized carbons (Fsp3) is 0.600. The van der Waals surface area contributed by atoms with Crippen LogP contribution in [0.1, 0.15) is 56.8 Å². The number of halogens is 1. The molecule has 1 fully saturated rings. The maximum Gasteiger partial charge on any atom is 0.315 e. The van der Waals surface area contributed by atoms with E-state index in [0.717, 1.165) is 25.7 Å². The largest absolute Gasteiger partial charge is 0.335 e. The first-order chi connectivity index (χ1) is 13.5. The lowest BCUT2D eigenvalue weighted by Crippen LogP contribution is -2.46. The zero-order valence-corrected chi connectivity index (χ0v) is 17.9. The molecule has 0 spiro atoms. The second kappa shape index (κ2) is 9.67. The maximum absolute atomic E-state index is 12.9. The minimum Gasteiger partial charge on any atom is -0.335 e. The molecule has 0 aliphatic heterocycles. The SMILES string of the molecule is CC(C)(C)S(=O)(=O)NCC1CCC(NC(=O)NCC(=O)c2ccc(F)cc2)CC1. The summed E-state index contributed by atoms with van der Waals surface area (Å²) in [5.74, 6) is -0.475. The molecule has 162 valence electrons. The molecule has 29 heavy (non-hydrogen) atoms. The van der Waals surface area contributed by atoms with Gasteiger partial charge in [0.05, 0.1) is 11.3 Å². The second-order valence-corrected chi connectivity index (χ2v) is 11.0. The van der Waals surface area contributed by atoms with Gasteiger partial charge in [-0.2, -0.15) is 0 Å². The summed E-state index contributed by atoms with van der Waals surface area (Å²) in [4.78, 5) is 24.0. The molecule has 0 radical (unpaired) electrons. The van der Waals surface area contributed by atoms with E-state index in [9.17, 15) is 22.4 Å². The summed E-state index contributed by atoms with van der Waals surface area (Å²) < 4.78 is 39.0. The van der Waals surface area contributed by atoms with E-state index >= 15 is 0 Å². The van der Waals surface area contributed by atoms with Crippen molar-refractivity contribution in [1.29, 1.82) is 0 Å².